The Morgan fingerprint density at radius 3 is 2.62 bits per heavy atom. The third-order valence-corrected chi connectivity index (χ3v) is 12.6. The van der Waals surface area contributed by atoms with E-state index in [9.17, 15) is 4.79 Å². The predicted octanol–water partition coefficient (Wildman–Crippen LogP) is 6.03. The second kappa shape index (κ2) is 9.71. The van der Waals surface area contributed by atoms with E-state index in [1.54, 1.807) is 17.4 Å². The van der Waals surface area contributed by atoms with Crippen LogP contribution in [-0.2, 0) is 10.8 Å². The number of carbonyl (C=O) groups is 1. The molecule has 0 saturated heterocycles. The van der Waals surface area contributed by atoms with Gasteiger partial charge in [-0.2, -0.15) is 0 Å². The van der Waals surface area contributed by atoms with Crippen molar-refractivity contribution in [1.29, 1.82) is 0 Å². The number of amides is 1. The van der Waals surface area contributed by atoms with Gasteiger partial charge in [0.05, 0.1) is 6.10 Å². The van der Waals surface area contributed by atoms with Gasteiger partial charge in [0.15, 0.2) is 8.32 Å². The van der Waals surface area contributed by atoms with Crippen LogP contribution in [0.25, 0.3) is 11.3 Å². The van der Waals surface area contributed by atoms with Gasteiger partial charge < -0.3 is 14.3 Å². The zero-order valence-corrected chi connectivity index (χ0v) is 22.6. The number of nitrogens with zero attached hydrogens (tertiary/aromatic N) is 3. The van der Waals surface area contributed by atoms with Gasteiger partial charge in [-0.1, -0.05) is 67.6 Å². The van der Waals surface area contributed by atoms with Crippen LogP contribution in [-0.4, -0.2) is 35.6 Å². The van der Waals surface area contributed by atoms with Gasteiger partial charge in [-0.3, -0.25) is 4.79 Å². The van der Waals surface area contributed by atoms with Gasteiger partial charge in [0.2, 0.25) is 5.76 Å². The summed E-state index contributed by atoms with van der Waals surface area (Å²) in [6.07, 6.45) is 2.70. The van der Waals surface area contributed by atoms with E-state index >= 15 is 0 Å². The molecule has 1 amide bonds. The third-order valence-electron chi connectivity index (χ3n) is 6.95. The second-order valence-electron chi connectivity index (χ2n) is 10.7. The standard InChI is InChI=1S/C25H34N4O3SSi/c1-16(32-34(5,6)25(2,3)4)24-28-27-22(33-24)14-17-12-19(13-17)26-23(30)21-15-20(29-31-21)18-10-8-7-9-11-18/h7-11,15-17,19H,12-14H2,1-6H3,(H,26,30). The van der Waals surface area contributed by atoms with Crippen LogP contribution in [0.3, 0.4) is 0 Å². The molecule has 34 heavy (non-hydrogen) atoms. The molecular formula is C25H34N4O3SSi. The van der Waals surface area contributed by atoms with Gasteiger partial charge in [-0.05, 0) is 43.8 Å². The van der Waals surface area contributed by atoms with Crippen molar-refractivity contribution in [2.75, 3.05) is 0 Å². The molecule has 0 radical (unpaired) electrons. The molecule has 1 fully saturated rings. The molecule has 182 valence electrons. The molecule has 2 heterocycles. The molecule has 2 aromatic heterocycles. The fraction of sp³-hybridized carbons (Fsp3) is 0.520. The van der Waals surface area contributed by atoms with E-state index in [4.69, 9.17) is 8.95 Å². The number of benzene rings is 1. The molecular weight excluding hydrogens is 464 g/mol. The molecule has 3 aromatic rings. The lowest BCUT2D eigenvalue weighted by Crippen LogP contribution is -2.44. The molecule has 1 N–H and O–H groups in total. The molecule has 1 aliphatic rings. The molecule has 0 spiro atoms. The first kappa shape index (κ1) is 24.8. The second-order valence-corrected chi connectivity index (χ2v) is 16.6. The van der Waals surface area contributed by atoms with Crippen LogP contribution in [0.15, 0.2) is 40.9 Å². The maximum Gasteiger partial charge on any atom is 0.290 e. The highest BCUT2D eigenvalue weighted by atomic mass is 32.1. The van der Waals surface area contributed by atoms with Gasteiger partial charge in [0.1, 0.15) is 15.7 Å². The van der Waals surface area contributed by atoms with E-state index in [1.165, 1.54) is 0 Å². The van der Waals surface area contributed by atoms with Gasteiger partial charge in [0.25, 0.3) is 5.91 Å². The molecule has 1 atom stereocenters. The lowest BCUT2D eigenvalue weighted by atomic mass is 9.78. The smallest absolute Gasteiger partial charge is 0.290 e. The summed E-state index contributed by atoms with van der Waals surface area (Å²) in [4.78, 5) is 12.5. The Morgan fingerprint density at radius 2 is 1.94 bits per heavy atom. The summed E-state index contributed by atoms with van der Waals surface area (Å²) < 4.78 is 11.7. The lowest BCUT2D eigenvalue weighted by Gasteiger charge is -2.37. The van der Waals surface area contributed by atoms with Crippen molar-refractivity contribution in [3.63, 3.8) is 0 Å². The average molecular weight is 499 g/mol. The molecule has 0 aliphatic heterocycles. The number of hydrogen-bond donors (Lipinski definition) is 1. The number of hydrogen-bond acceptors (Lipinski definition) is 7. The predicted molar refractivity (Wildman–Crippen MR) is 136 cm³/mol. The highest BCUT2D eigenvalue weighted by molar-refractivity contribution is 7.11. The number of carbonyl (C=O) groups excluding carboxylic acids is 1. The summed E-state index contributed by atoms with van der Waals surface area (Å²) in [7, 11) is -1.85. The minimum atomic E-state index is -1.85. The minimum absolute atomic E-state index is 0.0387. The molecule has 1 aliphatic carbocycles. The first-order valence-electron chi connectivity index (χ1n) is 11.8. The van der Waals surface area contributed by atoms with Crippen molar-refractivity contribution >= 4 is 25.6 Å². The first-order valence-corrected chi connectivity index (χ1v) is 15.6. The average Bonchev–Trinajstić information content (AvgIpc) is 3.42. The Morgan fingerprint density at radius 1 is 1.24 bits per heavy atom. The molecule has 1 unspecified atom stereocenters. The molecule has 1 aromatic carbocycles. The van der Waals surface area contributed by atoms with Crippen LogP contribution < -0.4 is 5.32 Å². The van der Waals surface area contributed by atoms with E-state index in [-0.39, 0.29) is 28.9 Å². The van der Waals surface area contributed by atoms with Crippen LogP contribution in [0, 0.1) is 5.92 Å². The van der Waals surface area contributed by atoms with Gasteiger partial charge in [-0.15, -0.1) is 10.2 Å². The van der Waals surface area contributed by atoms with E-state index in [2.05, 4.69) is 61.5 Å². The maximum atomic E-state index is 12.5. The Labute approximate surface area is 206 Å². The normalized spacial score (nSPS) is 19.5. The van der Waals surface area contributed by atoms with Crippen LogP contribution in [0.2, 0.25) is 18.1 Å². The van der Waals surface area contributed by atoms with Crippen molar-refractivity contribution in [3.05, 3.63) is 52.2 Å². The minimum Gasteiger partial charge on any atom is -0.408 e. The largest absolute Gasteiger partial charge is 0.408 e. The number of rotatable bonds is 8. The quantitative estimate of drug-likeness (QED) is 0.382. The molecule has 1 saturated carbocycles. The maximum absolute atomic E-state index is 12.5. The lowest BCUT2D eigenvalue weighted by molar-refractivity contribution is 0.0852. The summed E-state index contributed by atoms with van der Waals surface area (Å²) in [6, 6.07) is 11.5. The molecule has 4 rings (SSSR count). The van der Waals surface area contributed by atoms with Crippen molar-refractivity contribution in [2.24, 2.45) is 5.92 Å². The van der Waals surface area contributed by atoms with Crippen molar-refractivity contribution in [1.82, 2.24) is 20.7 Å². The van der Waals surface area contributed by atoms with Crippen LogP contribution in [0.4, 0.5) is 0 Å². The summed E-state index contributed by atoms with van der Waals surface area (Å²) >= 11 is 1.65. The van der Waals surface area contributed by atoms with Crippen LogP contribution in [0.1, 0.15) is 67.2 Å². The SMILES string of the molecule is CC(O[Si](C)(C)C(C)(C)C)c1nnc(CC2CC(NC(=O)c3cc(-c4ccccc4)no3)C2)s1. The van der Waals surface area contributed by atoms with E-state index in [1.807, 2.05) is 30.3 Å². The van der Waals surface area contributed by atoms with Gasteiger partial charge in [0, 0.05) is 24.1 Å². The highest BCUT2D eigenvalue weighted by Crippen LogP contribution is 2.40. The van der Waals surface area contributed by atoms with E-state index < -0.39 is 8.32 Å². The highest BCUT2D eigenvalue weighted by Gasteiger charge is 2.39. The van der Waals surface area contributed by atoms with Gasteiger partial charge in [-0.25, -0.2) is 0 Å². The Kier molecular flexibility index (Phi) is 7.07. The van der Waals surface area contributed by atoms with E-state index in [0.717, 1.165) is 34.8 Å². The van der Waals surface area contributed by atoms with Crippen LogP contribution >= 0.6 is 11.3 Å². The van der Waals surface area contributed by atoms with Crippen molar-refractivity contribution in [2.45, 2.75) is 77.2 Å². The third kappa shape index (κ3) is 5.64. The monoisotopic (exact) mass is 498 g/mol. The molecule has 9 heteroatoms. The summed E-state index contributed by atoms with van der Waals surface area (Å²) in [6.45, 7) is 13.3. The fourth-order valence-corrected chi connectivity index (χ4v) is 6.21. The summed E-state index contributed by atoms with van der Waals surface area (Å²) in [5.74, 6) is 0.525. The zero-order chi connectivity index (χ0) is 24.5. The van der Waals surface area contributed by atoms with Gasteiger partial charge >= 0.3 is 0 Å². The van der Waals surface area contributed by atoms with Crippen LogP contribution in [0.5, 0.6) is 0 Å². The first-order chi connectivity index (χ1) is 16.0. The Bertz CT molecular complexity index is 1120. The number of aromatic nitrogens is 3. The summed E-state index contributed by atoms with van der Waals surface area (Å²) in [5, 5.41) is 18.0. The zero-order valence-electron chi connectivity index (χ0n) is 20.8. The Hall–Kier alpha value is -2.36. The van der Waals surface area contributed by atoms with Crippen molar-refractivity contribution < 1.29 is 13.7 Å². The van der Waals surface area contributed by atoms with Crippen molar-refractivity contribution in [3.8, 4) is 11.3 Å². The fourth-order valence-electron chi connectivity index (χ4n) is 3.83. The summed E-state index contributed by atoms with van der Waals surface area (Å²) in [5.41, 5.74) is 1.59. The molecule has 0 bridgehead atoms. The Balaban J connectivity index is 1.24. The van der Waals surface area contributed by atoms with E-state index in [0.29, 0.717) is 11.6 Å². The topological polar surface area (TPSA) is 90.1 Å². The molecule has 7 nitrogen and oxygen atoms in total. The number of nitrogens with one attached hydrogen (secondary N) is 1.